The minimum atomic E-state index is -2.04. The zero-order valence-electron chi connectivity index (χ0n) is 21.2. The third-order valence-electron chi connectivity index (χ3n) is 7.80. The average molecular weight is 654 g/mol. The lowest BCUT2D eigenvalue weighted by molar-refractivity contribution is -0.258. The van der Waals surface area contributed by atoms with E-state index in [4.69, 9.17) is 14.2 Å². The van der Waals surface area contributed by atoms with Crippen molar-refractivity contribution in [2.24, 2.45) is 0 Å². The Hall–Kier alpha value is -2.62. The van der Waals surface area contributed by atoms with Crippen molar-refractivity contribution in [3.05, 3.63) is 51.6 Å². The summed E-state index contributed by atoms with van der Waals surface area (Å²) in [4.78, 5) is 39.7. The van der Waals surface area contributed by atoms with Crippen LogP contribution < -0.4 is 4.74 Å². The number of methoxy groups -OCH3 is 1. The molecule has 2 aromatic carbocycles. The van der Waals surface area contributed by atoms with E-state index in [-0.39, 0.29) is 34.4 Å². The lowest BCUT2D eigenvalue weighted by Gasteiger charge is -2.43. The molecule has 11 nitrogen and oxygen atoms in total. The maximum Gasteiger partial charge on any atom is 0.202 e. The zero-order valence-corrected chi connectivity index (χ0v) is 23.3. The smallest absolute Gasteiger partial charge is 0.202 e. The number of ether oxygens (including phenoxy) is 3. The molecular formula is C27H27IO11. The van der Waals surface area contributed by atoms with Gasteiger partial charge < -0.3 is 39.7 Å². The summed E-state index contributed by atoms with van der Waals surface area (Å²) in [5.41, 5.74) is -3.26. The Balaban J connectivity index is 1.70. The predicted octanol–water partition coefficient (Wildman–Crippen LogP) is 1.48. The number of carbonyl (C=O) groups excluding carboxylic acids is 3. The third kappa shape index (κ3) is 4.16. The highest BCUT2D eigenvalue weighted by molar-refractivity contribution is 14.1. The third-order valence-corrected chi connectivity index (χ3v) is 9.12. The van der Waals surface area contributed by atoms with Gasteiger partial charge in [0.2, 0.25) is 5.78 Å². The van der Waals surface area contributed by atoms with Gasteiger partial charge in [-0.15, -0.1) is 0 Å². The van der Waals surface area contributed by atoms with Gasteiger partial charge in [0.25, 0.3) is 0 Å². The Morgan fingerprint density at radius 1 is 1.08 bits per heavy atom. The number of hydrogen-bond acceptors (Lipinski definition) is 11. The molecule has 12 heteroatoms. The van der Waals surface area contributed by atoms with E-state index in [2.05, 4.69) is 0 Å². The van der Waals surface area contributed by atoms with Gasteiger partial charge in [-0.05, 0) is 19.9 Å². The summed E-state index contributed by atoms with van der Waals surface area (Å²) in [5.74, 6) is -3.33. The molecule has 1 aliphatic heterocycles. The van der Waals surface area contributed by atoms with Gasteiger partial charge in [-0.1, -0.05) is 34.7 Å². The summed E-state index contributed by atoms with van der Waals surface area (Å²) in [6.45, 7) is 2.69. The first kappa shape index (κ1) is 27.9. The molecular weight excluding hydrogens is 627 g/mol. The van der Waals surface area contributed by atoms with Crippen molar-refractivity contribution in [1.29, 1.82) is 0 Å². The van der Waals surface area contributed by atoms with Crippen LogP contribution in [0.15, 0.2) is 18.2 Å². The van der Waals surface area contributed by atoms with Gasteiger partial charge in [-0.2, -0.15) is 0 Å². The van der Waals surface area contributed by atoms with Crippen LogP contribution in [0.4, 0.5) is 0 Å². The number of benzene rings is 2. The van der Waals surface area contributed by atoms with Crippen molar-refractivity contribution in [3.8, 4) is 17.2 Å². The Morgan fingerprint density at radius 3 is 2.38 bits per heavy atom. The highest BCUT2D eigenvalue weighted by Gasteiger charge is 2.50. The standard InChI is InChI=1S/C27H27IO11/c1-9-20(30)25(35)19(28)26(38-9)39-14-8-27(36,10(2)29)7-12-16(14)24(34)18-17(22(12)32)21(31)11-5-4-6-13(37-3)15(11)23(18)33/h4-6,9,14,19-20,25-26,30,32,34-36H,7-8H2,1-3H3/t9-,14+,19+,20+,25-,26-,27+/m1/s1. The number of halogens is 1. The molecule has 0 spiro atoms. The molecule has 1 saturated heterocycles. The summed E-state index contributed by atoms with van der Waals surface area (Å²) in [6.07, 6.45) is -6.56. The molecule has 1 heterocycles. The second kappa shape index (κ2) is 9.78. The van der Waals surface area contributed by atoms with E-state index in [0.717, 1.165) is 6.92 Å². The number of aromatic hydroxyl groups is 2. The molecule has 0 bridgehead atoms. The number of carbonyl (C=O) groups is 3. The van der Waals surface area contributed by atoms with Crippen molar-refractivity contribution in [2.75, 3.05) is 7.11 Å². The lowest BCUT2D eigenvalue weighted by Crippen LogP contribution is -2.55. The van der Waals surface area contributed by atoms with Crippen LogP contribution in [-0.2, 0) is 20.7 Å². The SMILES string of the molecule is COc1cccc2c1C(=O)c1c(O)c3c(c(O)c1C2=O)C[C@@](O)(C(C)=O)C[C@@H]3O[C@H]1O[C@H](C)[C@H](O)[C@H](O)[C@@H]1I. The fourth-order valence-corrected chi connectivity index (χ4v) is 6.33. The van der Waals surface area contributed by atoms with E-state index >= 15 is 0 Å². The van der Waals surface area contributed by atoms with Crippen LogP contribution in [-0.4, -0.2) is 84.1 Å². The van der Waals surface area contributed by atoms with Crippen LogP contribution >= 0.6 is 22.6 Å². The molecule has 3 aliphatic rings. The van der Waals surface area contributed by atoms with Crippen molar-refractivity contribution in [3.63, 3.8) is 0 Å². The molecule has 0 aromatic heterocycles. The fraction of sp³-hybridized carbons (Fsp3) is 0.444. The van der Waals surface area contributed by atoms with Crippen LogP contribution in [0.5, 0.6) is 17.2 Å². The summed E-state index contributed by atoms with van der Waals surface area (Å²) < 4.78 is 16.3. The molecule has 7 atom stereocenters. The summed E-state index contributed by atoms with van der Waals surface area (Å²) in [5, 5.41) is 54.7. The van der Waals surface area contributed by atoms with Crippen molar-refractivity contribution >= 4 is 39.9 Å². The van der Waals surface area contributed by atoms with E-state index in [1.807, 2.05) is 22.6 Å². The number of alkyl halides is 1. The fourth-order valence-electron chi connectivity index (χ4n) is 5.57. The molecule has 0 saturated carbocycles. The highest BCUT2D eigenvalue weighted by Crippen LogP contribution is 2.52. The summed E-state index contributed by atoms with van der Waals surface area (Å²) in [6, 6.07) is 4.40. The van der Waals surface area contributed by atoms with Gasteiger partial charge >= 0.3 is 0 Å². The predicted molar refractivity (Wildman–Crippen MR) is 142 cm³/mol. The lowest BCUT2D eigenvalue weighted by atomic mass is 9.72. The normalized spacial score (nSPS) is 31.8. The number of Topliss-reactive ketones (excluding diaryl/α,β-unsaturated/α-hetero) is 1. The first-order valence-corrected chi connectivity index (χ1v) is 13.5. The van der Waals surface area contributed by atoms with Crippen molar-refractivity contribution < 1.29 is 54.1 Å². The first-order chi connectivity index (χ1) is 18.3. The summed E-state index contributed by atoms with van der Waals surface area (Å²) in [7, 11) is 1.33. The number of fused-ring (bicyclic) bond motifs is 3. The molecule has 5 N–H and O–H groups in total. The van der Waals surface area contributed by atoms with Crippen LogP contribution in [0.1, 0.15) is 69.3 Å². The maximum absolute atomic E-state index is 13.7. The van der Waals surface area contributed by atoms with E-state index in [9.17, 15) is 39.9 Å². The van der Waals surface area contributed by atoms with Gasteiger partial charge in [0.05, 0.1) is 46.0 Å². The Labute approximate surface area is 236 Å². The molecule has 2 aliphatic carbocycles. The molecule has 2 aromatic rings. The van der Waals surface area contributed by atoms with Crippen LogP contribution in [0.25, 0.3) is 0 Å². The average Bonchev–Trinajstić information content (AvgIpc) is 2.90. The van der Waals surface area contributed by atoms with Gasteiger partial charge in [0.1, 0.15) is 29.0 Å². The summed E-state index contributed by atoms with van der Waals surface area (Å²) >= 11 is 1.84. The minimum absolute atomic E-state index is 0.0307. The number of rotatable bonds is 4. The topological polar surface area (TPSA) is 180 Å². The van der Waals surface area contributed by atoms with Gasteiger partial charge in [0, 0.05) is 29.5 Å². The van der Waals surface area contributed by atoms with E-state index < -0.39 is 86.6 Å². The minimum Gasteiger partial charge on any atom is -0.507 e. The highest BCUT2D eigenvalue weighted by atomic mass is 127. The van der Waals surface area contributed by atoms with Crippen LogP contribution in [0.3, 0.4) is 0 Å². The molecule has 1 fully saturated rings. The number of ketones is 3. The molecule has 5 rings (SSSR count). The maximum atomic E-state index is 13.7. The Kier molecular flexibility index (Phi) is 7.01. The van der Waals surface area contributed by atoms with Gasteiger partial charge in [-0.25, -0.2) is 0 Å². The molecule has 0 unspecified atom stereocenters. The molecule has 0 amide bonds. The second-order valence-corrected chi connectivity index (χ2v) is 11.5. The van der Waals surface area contributed by atoms with Gasteiger partial charge in [-0.3, -0.25) is 14.4 Å². The van der Waals surface area contributed by atoms with Crippen molar-refractivity contribution in [1.82, 2.24) is 0 Å². The van der Waals surface area contributed by atoms with Crippen molar-refractivity contribution in [2.45, 2.75) is 66.9 Å². The number of aliphatic hydroxyl groups excluding tert-OH is 2. The number of hydrogen-bond donors (Lipinski definition) is 5. The second-order valence-electron chi connectivity index (χ2n) is 10.1. The number of phenols is 2. The van der Waals surface area contributed by atoms with Crippen LogP contribution in [0, 0.1) is 0 Å². The largest absolute Gasteiger partial charge is 0.507 e. The van der Waals surface area contributed by atoms with Gasteiger partial charge in [0.15, 0.2) is 17.9 Å². The number of phenolic OH excluding ortho intramolecular Hbond substituents is 2. The monoisotopic (exact) mass is 654 g/mol. The van der Waals surface area contributed by atoms with E-state index in [0.29, 0.717) is 0 Å². The van der Waals surface area contributed by atoms with E-state index in [1.54, 1.807) is 0 Å². The quantitative estimate of drug-likeness (QED) is 0.156. The Morgan fingerprint density at radius 2 is 1.74 bits per heavy atom. The van der Waals surface area contributed by atoms with E-state index in [1.165, 1.54) is 32.2 Å². The first-order valence-electron chi connectivity index (χ1n) is 12.2. The van der Waals surface area contributed by atoms with Crippen LogP contribution in [0.2, 0.25) is 0 Å². The molecule has 39 heavy (non-hydrogen) atoms. The zero-order chi connectivity index (χ0) is 28.5. The molecule has 0 radical (unpaired) electrons. The number of aliphatic hydroxyl groups is 3. The molecule has 208 valence electrons. The Bertz CT molecular complexity index is 1400.